The summed E-state index contributed by atoms with van der Waals surface area (Å²) in [5.74, 6) is -0.300. The topological polar surface area (TPSA) is 71.1 Å². The lowest BCUT2D eigenvalue weighted by atomic mass is 9.95. The molecular formula is C18H27N3O2. The maximum atomic E-state index is 12.3. The second-order valence-corrected chi connectivity index (χ2v) is 6.23. The largest absolute Gasteiger partial charge is 0.352 e. The normalized spacial score (nSPS) is 15.2. The molecule has 0 aliphatic heterocycles. The number of hydrogen-bond donors (Lipinski definition) is 2. The number of aromatic nitrogens is 1. The average Bonchev–Trinajstić information content (AvgIpc) is 2.59. The van der Waals surface area contributed by atoms with Gasteiger partial charge in [0.05, 0.1) is 11.1 Å². The molecule has 2 amide bonds. The van der Waals surface area contributed by atoms with E-state index in [1.807, 2.05) is 0 Å². The Bertz CT molecular complexity index is 525. The first-order chi connectivity index (χ1) is 11.2. The molecule has 23 heavy (non-hydrogen) atoms. The zero-order valence-electron chi connectivity index (χ0n) is 13.9. The van der Waals surface area contributed by atoms with Crippen molar-refractivity contribution in [3.8, 4) is 0 Å². The molecular weight excluding hydrogens is 290 g/mol. The van der Waals surface area contributed by atoms with Crippen LogP contribution in [-0.2, 0) is 0 Å². The first-order valence-corrected chi connectivity index (χ1v) is 8.75. The van der Waals surface area contributed by atoms with Crippen molar-refractivity contribution in [3.63, 3.8) is 0 Å². The zero-order chi connectivity index (χ0) is 16.5. The monoisotopic (exact) mass is 317 g/mol. The van der Waals surface area contributed by atoms with Gasteiger partial charge in [-0.2, -0.15) is 0 Å². The van der Waals surface area contributed by atoms with Gasteiger partial charge in [-0.3, -0.25) is 14.6 Å². The molecule has 0 aromatic carbocycles. The number of amides is 2. The number of pyridine rings is 1. The van der Waals surface area contributed by atoms with Crippen LogP contribution in [0.2, 0.25) is 0 Å². The van der Waals surface area contributed by atoms with Crippen molar-refractivity contribution in [1.29, 1.82) is 0 Å². The number of rotatable bonds is 7. The van der Waals surface area contributed by atoms with E-state index in [4.69, 9.17) is 0 Å². The van der Waals surface area contributed by atoms with Crippen LogP contribution in [0.4, 0.5) is 0 Å². The Morgan fingerprint density at radius 3 is 2.48 bits per heavy atom. The zero-order valence-corrected chi connectivity index (χ0v) is 13.9. The SMILES string of the molecule is CCCCCNC(=O)c1cncc(C(=O)NC2CCCCC2)c1. The number of nitrogens with one attached hydrogen (secondary N) is 2. The second kappa shape index (κ2) is 9.28. The molecule has 0 spiro atoms. The van der Waals surface area contributed by atoms with Gasteiger partial charge in [0.1, 0.15) is 0 Å². The third-order valence-electron chi connectivity index (χ3n) is 4.27. The van der Waals surface area contributed by atoms with Crippen molar-refractivity contribution >= 4 is 11.8 Å². The Kier molecular flexibility index (Phi) is 7.04. The van der Waals surface area contributed by atoms with Crippen LogP contribution < -0.4 is 10.6 Å². The Labute approximate surface area is 138 Å². The quantitative estimate of drug-likeness (QED) is 0.759. The van der Waals surface area contributed by atoms with Gasteiger partial charge in [0, 0.05) is 25.0 Å². The van der Waals surface area contributed by atoms with Crippen LogP contribution in [0.5, 0.6) is 0 Å². The van der Waals surface area contributed by atoms with E-state index >= 15 is 0 Å². The van der Waals surface area contributed by atoms with E-state index in [0.717, 1.165) is 32.1 Å². The highest BCUT2D eigenvalue weighted by atomic mass is 16.2. The summed E-state index contributed by atoms with van der Waals surface area (Å²) in [6.07, 6.45) is 11.9. The van der Waals surface area contributed by atoms with Crippen molar-refractivity contribution in [2.75, 3.05) is 6.54 Å². The van der Waals surface area contributed by atoms with Gasteiger partial charge < -0.3 is 10.6 Å². The highest BCUT2D eigenvalue weighted by Gasteiger charge is 2.17. The number of nitrogens with zero attached hydrogens (tertiary/aromatic N) is 1. The number of carbonyl (C=O) groups excluding carboxylic acids is 2. The standard InChI is InChI=1S/C18H27N3O2/c1-2-3-7-10-20-17(22)14-11-15(13-19-12-14)18(23)21-16-8-5-4-6-9-16/h11-13,16H,2-10H2,1H3,(H,20,22)(H,21,23). The number of carbonyl (C=O) groups is 2. The fourth-order valence-corrected chi connectivity index (χ4v) is 2.88. The molecule has 1 aliphatic rings. The minimum Gasteiger partial charge on any atom is -0.352 e. The summed E-state index contributed by atoms with van der Waals surface area (Å²) in [6, 6.07) is 1.88. The van der Waals surface area contributed by atoms with Gasteiger partial charge in [-0.25, -0.2) is 0 Å². The van der Waals surface area contributed by atoms with E-state index in [1.165, 1.54) is 31.7 Å². The smallest absolute Gasteiger partial charge is 0.253 e. The van der Waals surface area contributed by atoms with Crippen LogP contribution >= 0.6 is 0 Å². The van der Waals surface area contributed by atoms with E-state index in [1.54, 1.807) is 6.07 Å². The maximum absolute atomic E-state index is 12.3. The third-order valence-corrected chi connectivity index (χ3v) is 4.27. The van der Waals surface area contributed by atoms with Crippen molar-refractivity contribution < 1.29 is 9.59 Å². The van der Waals surface area contributed by atoms with E-state index in [2.05, 4.69) is 22.5 Å². The predicted octanol–water partition coefficient (Wildman–Crippen LogP) is 3.06. The minimum atomic E-state index is -0.166. The van der Waals surface area contributed by atoms with Crippen LogP contribution in [0.1, 0.15) is 79.0 Å². The van der Waals surface area contributed by atoms with Crippen LogP contribution in [0.15, 0.2) is 18.5 Å². The molecule has 5 heteroatoms. The predicted molar refractivity (Wildman–Crippen MR) is 90.4 cm³/mol. The van der Waals surface area contributed by atoms with Crippen LogP contribution in [-0.4, -0.2) is 29.4 Å². The van der Waals surface area contributed by atoms with Crippen LogP contribution in [0.25, 0.3) is 0 Å². The molecule has 0 saturated heterocycles. The molecule has 0 radical (unpaired) electrons. The van der Waals surface area contributed by atoms with Crippen molar-refractivity contribution in [3.05, 3.63) is 29.6 Å². The summed E-state index contributed by atoms with van der Waals surface area (Å²) in [6.45, 7) is 2.78. The van der Waals surface area contributed by atoms with Gasteiger partial charge in [-0.05, 0) is 25.3 Å². The highest BCUT2D eigenvalue weighted by Crippen LogP contribution is 2.17. The lowest BCUT2D eigenvalue weighted by Gasteiger charge is -2.22. The highest BCUT2D eigenvalue weighted by molar-refractivity contribution is 5.99. The van der Waals surface area contributed by atoms with Gasteiger partial charge >= 0.3 is 0 Å². The molecule has 1 aromatic rings. The molecule has 5 nitrogen and oxygen atoms in total. The minimum absolute atomic E-state index is 0.134. The van der Waals surface area contributed by atoms with Crippen LogP contribution in [0.3, 0.4) is 0 Å². The van der Waals surface area contributed by atoms with Gasteiger partial charge in [0.2, 0.25) is 0 Å². The summed E-state index contributed by atoms with van der Waals surface area (Å²) in [4.78, 5) is 28.4. The fraction of sp³-hybridized carbons (Fsp3) is 0.611. The Morgan fingerprint density at radius 1 is 1.09 bits per heavy atom. The molecule has 2 rings (SSSR count). The lowest BCUT2D eigenvalue weighted by Crippen LogP contribution is -2.36. The molecule has 2 N–H and O–H groups in total. The number of hydrogen-bond acceptors (Lipinski definition) is 3. The second-order valence-electron chi connectivity index (χ2n) is 6.23. The van der Waals surface area contributed by atoms with Crippen molar-refractivity contribution in [2.45, 2.75) is 64.3 Å². The van der Waals surface area contributed by atoms with Crippen molar-refractivity contribution in [2.24, 2.45) is 0 Å². The summed E-state index contributed by atoms with van der Waals surface area (Å²) < 4.78 is 0. The van der Waals surface area contributed by atoms with Gasteiger partial charge in [0.15, 0.2) is 0 Å². The number of unbranched alkanes of at least 4 members (excludes halogenated alkanes) is 2. The third kappa shape index (κ3) is 5.66. The van der Waals surface area contributed by atoms with E-state index in [-0.39, 0.29) is 17.9 Å². The molecule has 1 aromatic heterocycles. The molecule has 1 heterocycles. The van der Waals surface area contributed by atoms with Crippen LogP contribution in [0, 0.1) is 0 Å². The van der Waals surface area contributed by atoms with Gasteiger partial charge in [-0.15, -0.1) is 0 Å². The van der Waals surface area contributed by atoms with Gasteiger partial charge in [0.25, 0.3) is 11.8 Å². The Balaban J connectivity index is 1.90. The summed E-state index contributed by atoms with van der Waals surface area (Å²) in [5, 5.41) is 5.92. The summed E-state index contributed by atoms with van der Waals surface area (Å²) in [5.41, 5.74) is 0.898. The molecule has 1 fully saturated rings. The molecule has 0 unspecified atom stereocenters. The maximum Gasteiger partial charge on any atom is 0.253 e. The Hall–Kier alpha value is -1.91. The molecule has 0 bridgehead atoms. The van der Waals surface area contributed by atoms with Crippen molar-refractivity contribution in [1.82, 2.24) is 15.6 Å². The molecule has 0 atom stereocenters. The summed E-state index contributed by atoms with van der Waals surface area (Å²) in [7, 11) is 0. The molecule has 126 valence electrons. The van der Waals surface area contributed by atoms with E-state index < -0.39 is 0 Å². The fourth-order valence-electron chi connectivity index (χ4n) is 2.88. The lowest BCUT2D eigenvalue weighted by molar-refractivity contribution is 0.0927. The molecule has 1 aliphatic carbocycles. The Morgan fingerprint density at radius 2 is 1.78 bits per heavy atom. The first-order valence-electron chi connectivity index (χ1n) is 8.75. The van der Waals surface area contributed by atoms with Gasteiger partial charge in [-0.1, -0.05) is 39.0 Å². The summed E-state index contributed by atoms with van der Waals surface area (Å²) >= 11 is 0. The first kappa shape index (κ1) is 17.4. The average molecular weight is 317 g/mol. The van der Waals surface area contributed by atoms with E-state index in [9.17, 15) is 9.59 Å². The molecule has 1 saturated carbocycles. The van der Waals surface area contributed by atoms with E-state index in [0.29, 0.717) is 17.7 Å².